The van der Waals surface area contributed by atoms with E-state index >= 15 is 0 Å². The van der Waals surface area contributed by atoms with E-state index in [9.17, 15) is 19.7 Å². The molecule has 8 heteroatoms. The Morgan fingerprint density at radius 1 is 1.00 bits per heavy atom. The lowest BCUT2D eigenvalue weighted by Crippen LogP contribution is -2.29. The minimum atomic E-state index is -0.909. The summed E-state index contributed by atoms with van der Waals surface area (Å²) in [5, 5.41) is 12.2. The number of nitrogens with zero attached hydrogens (tertiary/aromatic N) is 2. The van der Waals surface area contributed by atoms with Crippen LogP contribution in [0.2, 0.25) is 5.02 Å². The van der Waals surface area contributed by atoms with Crippen LogP contribution in [-0.4, -0.2) is 10.8 Å². The Kier molecular flexibility index (Phi) is 4.79. The number of fused-ring (bicyclic) bond motifs is 2. The van der Waals surface area contributed by atoms with Gasteiger partial charge in [-0.05, 0) is 60.9 Å². The van der Waals surface area contributed by atoms with Crippen LogP contribution in [0.1, 0.15) is 38.9 Å². The monoisotopic (exact) mass is 460 g/mol. The van der Waals surface area contributed by atoms with E-state index < -0.39 is 16.9 Å². The molecule has 1 aliphatic rings. The van der Waals surface area contributed by atoms with Crippen LogP contribution in [0.4, 0.5) is 11.4 Å². The molecule has 7 nitrogen and oxygen atoms in total. The number of hydrogen-bond acceptors (Lipinski definition) is 5. The van der Waals surface area contributed by atoms with Gasteiger partial charge in [0.05, 0.1) is 21.9 Å². The fraction of sp³-hybridized carbons (Fsp3) is 0.120. The molecule has 3 aromatic carbocycles. The summed E-state index contributed by atoms with van der Waals surface area (Å²) in [6.45, 7) is 3.79. The minimum Gasteiger partial charge on any atom is -0.450 e. The standard InChI is InChI=1S/C25H17ClN2O5/c1-13-9-19-20(10-14(13)2)33-24-21(23(19)29)22(15-5-3-8-18(11-15)28(31)32)27(25(24)30)17-7-4-6-16(26)12-17/h3-12,22H,1-2H3. The molecule has 1 unspecified atom stereocenters. The average molecular weight is 461 g/mol. The van der Waals surface area contributed by atoms with Crippen LogP contribution in [0.5, 0.6) is 0 Å². The van der Waals surface area contributed by atoms with E-state index in [2.05, 4.69) is 0 Å². The summed E-state index contributed by atoms with van der Waals surface area (Å²) in [4.78, 5) is 39.6. The predicted octanol–water partition coefficient (Wildman–Crippen LogP) is 5.72. The number of carbonyl (C=O) groups excluding carboxylic acids is 1. The van der Waals surface area contributed by atoms with E-state index in [0.29, 0.717) is 27.2 Å². The zero-order chi connectivity index (χ0) is 23.4. The number of non-ortho nitro benzene ring substituents is 1. The summed E-state index contributed by atoms with van der Waals surface area (Å²) >= 11 is 6.18. The molecule has 0 bridgehead atoms. The Labute approximate surface area is 193 Å². The molecule has 0 spiro atoms. The van der Waals surface area contributed by atoms with Crippen LogP contribution in [0.15, 0.2) is 69.9 Å². The van der Waals surface area contributed by atoms with Crippen molar-refractivity contribution in [1.82, 2.24) is 0 Å². The fourth-order valence-corrected chi connectivity index (χ4v) is 4.43. The lowest BCUT2D eigenvalue weighted by molar-refractivity contribution is -0.384. The number of amides is 1. The second-order valence-corrected chi connectivity index (χ2v) is 8.45. The first kappa shape index (κ1) is 20.9. The molecule has 0 saturated heterocycles. The van der Waals surface area contributed by atoms with Crippen LogP contribution in [0.3, 0.4) is 0 Å². The van der Waals surface area contributed by atoms with Crippen molar-refractivity contribution in [2.75, 3.05) is 4.90 Å². The quantitative estimate of drug-likeness (QED) is 0.288. The lowest BCUT2D eigenvalue weighted by atomic mass is 9.97. The fourth-order valence-electron chi connectivity index (χ4n) is 4.24. The molecule has 0 fully saturated rings. The van der Waals surface area contributed by atoms with Crippen molar-refractivity contribution in [3.63, 3.8) is 0 Å². The number of carbonyl (C=O) groups is 1. The molecule has 1 aliphatic heterocycles. The third kappa shape index (κ3) is 3.29. The van der Waals surface area contributed by atoms with Gasteiger partial charge in [-0.3, -0.25) is 24.6 Å². The normalized spacial score (nSPS) is 15.2. The topological polar surface area (TPSA) is 93.7 Å². The second-order valence-electron chi connectivity index (χ2n) is 8.02. The van der Waals surface area contributed by atoms with Crippen molar-refractivity contribution in [2.45, 2.75) is 19.9 Å². The van der Waals surface area contributed by atoms with Crippen molar-refractivity contribution >= 4 is 39.9 Å². The van der Waals surface area contributed by atoms with Crippen LogP contribution >= 0.6 is 11.6 Å². The Morgan fingerprint density at radius 3 is 2.45 bits per heavy atom. The number of halogens is 1. The molecule has 1 aromatic heterocycles. The number of hydrogen-bond donors (Lipinski definition) is 0. The predicted molar refractivity (Wildman–Crippen MR) is 125 cm³/mol. The van der Waals surface area contributed by atoms with Crippen LogP contribution in [0, 0.1) is 24.0 Å². The summed E-state index contributed by atoms with van der Waals surface area (Å²) in [7, 11) is 0. The minimum absolute atomic E-state index is 0.0766. The molecular formula is C25H17ClN2O5. The van der Waals surface area contributed by atoms with Crippen LogP contribution < -0.4 is 10.3 Å². The molecule has 33 heavy (non-hydrogen) atoms. The molecule has 0 N–H and O–H groups in total. The number of rotatable bonds is 3. The maximum atomic E-state index is 13.7. The lowest BCUT2D eigenvalue weighted by Gasteiger charge is -2.25. The molecule has 164 valence electrons. The van der Waals surface area contributed by atoms with Gasteiger partial charge in [-0.2, -0.15) is 0 Å². The summed E-state index contributed by atoms with van der Waals surface area (Å²) in [5.41, 5.74) is 2.70. The number of anilines is 1. The van der Waals surface area contributed by atoms with E-state index in [4.69, 9.17) is 16.0 Å². The van der Waals surface area contributed by atoms with E-state index in [0.717, 1.165) is 11.1 Å². The van der Waals surface area contributed by atoms with Gasteiger partial charge >= 0.3 is 0 Å². The highest BCUT2D eigenvalue weighted by molar-refractivity contribution is 6.31. The summed E-state index contributed by atoms with van der Waals surface area (Å²) in [6.07, 6.45) is 0. The zero-order valence-corrected chi connectivity index (χ0v) is 18.4. The Bertz CT molecular complexity index is 1540. The van der Waals surface area contributed by atoms with Crippen molar-refractivity contribution in [1.29, 1.82) is 0 Å². The van der Waals surface area contributed by atoms with E-state index in [-0.39, 0.29) is 22.4 Å². The largest absolute Gasteiger partial charge is 0.450 e. The highest BCUT2D eigenvalue weighted by atomic mass is 35.5. The molecule has 4 aromatic rings. The Balaban J connectivity index is 1.84. The molecule has 0 aliphatic carbocycles. The highest BCUT2D eigenvalue weighted by Crippen LogP contribution is 2.42. The zero-order valence-electron chi connectivity index (χ0n) is 17.7. The first-order valence-electron chi connectivity index (χ1n) is 10.2. The number of nitro benzene ring substituents is 1. The van der Waals surface area contributed by atoms with E-state index in [1.54, 1.807) is 42.5 Å². The van der Waals surface area contributed by atoms with E-state index in [1.165, 1.54) is 23.1 Å². The van der Waals surface area contributed by atoms with Crippen molar-refractivity contribution < 1.29 is 14.1 Å². The molecule has 1 atom stereocenters. The number of nitro groups is 1. The summed E-state index contributed by atoms with van der Waals surface area (Å²) in [6, 6.07) is 15.2. The summed E-state index contributed by atoms with van der Waals surface area (Å²) < 4.78 is 5.99. The Hall–Kier alpha value is -3.97. The number of aryl methyl sites for hydroxylation is 2. The van der Waals surface area contributed by atoms with Gasteiger partial charge < -0.3 is 4.42 Å². The Morgan fingerprint density at radius 2 is 1.73 bits per heavy atom. The molecule has 2 heterocycles. The molecule has 0 radical (unpaired) electrons. The van der Waals surface area contributed by atoms with Gasteiger partial charge in [-0.15, -0.1) is 0 Å². The smallest absolute Gasteiger partial charge is 0.295 e. The first-order chi connectivity index (χ1) is 15.8. The van der Waals surface area contributed by atoms with Crippen molar-refractivity contribution in [2.24, 2.45) is 0 Å². The van der Waals surface area contributed by atoms with Crippen molar-refractivity contribution in [3.8, 4) is 0 Å². The second kappa shape index (κ2) is 7.56. The third-order valence-corrected chi connectivity index (χ3v) is 6.20. The van der Waals surface area contributed by atoms with Crippen LogP contribution in [0.25, 0.3) is 11.0 Å². The molecule has 0 saturated carbocycles. The first-order valence-corrected chi connectivity index (χ1v) is 10.6. The van der Waals surface area contributed by atoms with Gasteiger partial charge in [0.15, 0.2) is 5.43 Å². The van der Waals surface area contributed by atoms with Gasteiger partial charge in [0.1, 0.15) is 5.58 Å². The van der Waals surface area contributed by atoms with Gasteiger partial charge in [-0.25, -0.2) is 0 Å². The maximum absolute atomic E-state index is 13.7. The average Bonchev–Trinajstić information content (AvgIpc) is 3.08. The molecular weight excluding hydrogens is 444 g/mol. The van der Waals surface area contributed by atoms with Gasteiger partial charge in [0, 0.05) is 22.8 Å². The van der Waals surface area contributed by atoms with E-state index in [1.807, 2.05) is 13.8 Å². The molecule has 5 rings (SSSR count). The SMILES string of the molecule is Cc1cc2oc3c(c(=O)c2cc1C)C(c1cccc([N+](=O)[O-])c1)N(c1cccc(Cl)c1)C3=O. The molecule has 1 amide bonds. The van der Waals surface area contributed by atoms with Gasteiger partial charge in [-0.1, -0.05) is 29.8 Å². The van der Waals surface area contributed by atoms with Crippen LogP contribution in [-0.2, 0) is 0 Å². The van der Waals surface area contributed by atoms with Gasteiger partial charge in [0.25, 0.3) is 11.6 Å². The maximum Gasteiger partial charge on any atom is 0.295 e. The number of benzene rings is 3. The third-order valence-electron chi connectivity index (χ3n) is 5.97. The highest BCUT2D eigenvalue weighted by Gasteiger charge is 2.44. The van der Waals surface area contributed by atoms with Crippen molar-refractivity contribution in [3.05, 3.63) is 114 Å². The van der Waals surface area contributed by atoms with Gasteiger partial charge in [0.2, 0.25) is 5.76 Å². The summed E-state index contributed by atoms with van der Waals surface area (Å²) in [5.74, 6) is -0.590.